The summed E-state index contributed by atoms with van der Waals surface area (Å²) in [7, 11) is 0. The lowest BCUT2D eigenvalue weighted by Crippen LogP contribution is -2.14. The van der Waals surface area contributed by atoms with Crippen LogP contribution >= 0.6 is 15.9 Å². The van der Waals surface area contributed by atoms with Gasteiger partial charge in [-0.05, 0) is 46.8 Å². The van der Waals surface area contributed by atoms with E-state index in [9.17, 15) is 4.39 Å². The average Bonchev–Trinajstić information content (AvgIpc) is 3.14. The number of amidine groups is 1. The van der Waals surface area contributed by atoms with Crippen molar-refractivity contribution in [2.45, 2.75) is 12.8 Å². The molecule has 0 saturated heterocycles. The summed E-state index contributed by atoms with van der Waals surface area (Å²) in [6.07, 6.45) is 2.29. The van der Waals surface area contributed by atoms with Crippen LogP contribution in [0.2, 0.25) is 0 Å². The van der Waals surface area contributed by atoms with Crippen LogP contribution in [-0.2, 0) is 0 Å². The zero-order valence-electron chi connectivity index (χ0n) is 8.99. The summed E-state index contributed by atoms with van der Waals surface area (Å²) in [6.45, 7) is 0.534. The summed E-state index contributed by atoms with van der Waals surface area (Å²) in [5.74, 6) is 0.0504. The fraction of sp³-hybridized carbons (Fsp3) is 0.364. The van der Waals surface area contributed by atoms with E-state index in [4.69, 9.17) is 15.7 Å². The first kappa shape index (κ1) is 12.2. The minimum Gasteiger partial charge on any atom is -0.490 e. The Morgan fingerprint density at radius 3 is 2.88 bits per heavy atom. The third-order valence-electron chi connectivity index (χ3n) is 2.60. The van der Waals surface area contributed by atoms with Crippen LogP contribution in [-0.4, -0.2) is 17.6 Å². The van der Waals surface area contributed by atoms with Crippen molar-refractivity contribution in [2.24, 2.45) is 16.8 Å². The van der Waals surface area contributed by atoms with E-state index < -0.39 is 5.82 Å². The Hall–Kier alpha value is -1.30. The Labute approximate surface area is 106 Å². The monoisotopic (exact) mass is 302 g/mol. The van der Waals surface area contributed by atoms with Gasteiger partial charge in [0.1, 0.15) is 0 Å². The molecule has 1 aliphatic carbocycles. The molecular formula is C11H12BrFN2O2. The molecule has 17 heavy (non-hydrogen) atoms. The summed E-state index contributed by atoms with van der Waals surface area (Å²) in [6, 6.07) is 3.03. The second kappa shape index (κ2) is 4.91. The lowest BCUT2D eigenvalue weighted by Gasteiger charge is -2.10. The Kier molecular flexibility index (Phi) is 3.51. The van der Waals surface area contributed by atoms with Crippen LogP contribution in [0.4, 0.5) is 4.39 Å². The molecule has 4 nitrogen and oxygen atoms in total. The number of benzene rings is 1. The number of hydrogen-bond acceptors (Lipinski definition) is 3. The average molecular weight is 303 g/mol. The Morgan fingerprint density at radius 1 is 1.59 bits per heavy atom. The molecule has 0 amide bonds. The summed E-state index contributed by atoms with van der Waals surface area (Å²) < 4.78 is 19.4. The number of nitrogens with zero attached hydrogens (tertiary/aromatic N) is 1. The van der Waals surface area contributed by atoms with E-state index in [1.807, 2.05) is 0 Å². The highest BCUT2D eigenvalue weighted by Gasteiger charge is 2.23. The van der Waals surface area contributed by atoms with E-state index in [1.165, 1.54) is 6.07 Å². The number of nitrogens with two attached hydrogens (primary N) is 1. The van der Waals surface area contributed by atoms with Crippen molar-refractivity contribution in [3.05, 3.63) is 28.0 Å². The fourth-order valence-electron chi connectivity index (χ4n) is 1.39. The van der Waals surface area contributed by atoms with Crippen molar-refractivity contribution in [1.82, 2.24) is 0 Å². The molecule has 1 aromatic carbocycles. The maximum atomic E-state index is 13.9. The quantitative estimate of drug-likeness (QED) is 0.388. The second-order valence-electron chi connectivity index (χ2n) is 3.98. The van der Waals surface area contributed by atoms with Gasteiger partial charge in [-0.1, -0.05) is 5.16 Å². The largest absolute Gasteiger partial charge is 0.490 e. The van der Waals surface area contributed by atoms with Gasteiger partial charge in [0.25, 0.3) is 0 Å². The molecule has 1 aliphatic rings. The fourth-order valence-corrected chi connectivity index (χ4v) is 1.92. The molecule has 3 N–H and O–H groups in total. The van der Waals surface area contributed by atoms with Crippen molar-refractivity contribution >= 4 is 21.8 Å². The number of halogens is 2. The van der Waals surface area contributed by atoms with E-state index in [-0.39, 0.29) is 16.1 Å². The molecule has 0 aliphatic heterocycles. The number of ether oxygens (including phenoxy) is 1. The number of hydrogen-bond donors (Lipinski definition) is 2. The summed E-state index contributed by atoms with van der Waals surface area (Å²) in [5.41, 5.74) is 5.70. The van der Waals surface area contributed by atoms with Crippen molar-refractivity contribution in [3.63, 3.8) is 0 Å². The minimum absolute atomic E-state index is 0.140. The molecule has 92 valence electrons. The summed E-state index contributed by atoms with van der Waals surface area (Å²) in [5, 5.41) is 11.4. The highest BCUT2D eigenvalue weighted by Crippen LogP contribution is 2.32. The van der Waals surface area contributed by atoms with Gasteiger partial charge in [-0.2, -0.15) is 0 Å². The Balaban J connectivity index is 2.21. The molecule has 0 unspecified atom stereocenters. The molecule has 2 rings (SSSR count). The molecule has 1 fully saturated rings. The van der Waals surface area contributed by atoms with Gasteiger partial charge in [-0.3, -0.25) is 0 Å². The van der Waals surface area contributed by atoms with Crippen LogP contribution in [0.5, 0.6) is 5.75 Å². The minimum atomic E-state index is -0.533. The van der Waals surface area contributed by atoms with Gasteiger partial charge in [-0.25, -0.2) is 4.39 Å². The first-order chi connectivity index (χ1) is 8.13. The van der Waals surface area contributed by atoms with Gasteiger partial charge in [0.15, 0.2) is 17.4 Å². The molecule has 0 radical (unpaired) electrons. The first-order valence-corrected chi connectivity index (χ1v) is 6.01. The van der Waals surface area contributed by atoms with Crippen molar-refractivity contribution in [2.75, 3.05) is 6.61 Å². The van der Waals surface area contributed by atoms with Crippen LogP contribution in [0.25, 0.3) is 0 Å². The topological polar surface area (TPSA) is 67.8 Å². The van der Waals surface area contributed by atoms with Crippen molar-refractivity contribution in [3.8, 4) is 5.75 Å². The highest BCUT2D eigenvalue weighted by atomic mass is 79.9. The molecule has 0 atom stereocenters. The zero-order valence-corrected chi connectivity index (χ0v) is 10.6. The predicted molar refractivity (Wildman–Crippen MR) is 64.8 cm³/mol. The van der Waals surface area contributed by atoms with Crippen LogP contribution in [0, 0.1) is 11.7 Å². The standard InChI is InChI=1S/C11H12BrFN2O2/c12-9-7(11(14)15-16)3-4-8(10(9)13)17-5-6-1-2-6/h3-4,6,16H,1-2,5H2,(H2,14,15). The van der Waals surface area contributed by atoms with Crippen LogP contribution < -0.4 is 10.5 Å². The summed E-state index contributed by atoms with van der Waals surface area (Å²) >= 11 is 3.07. The molecule has 0 spiro atoms. The van der Waals surface area contributed by atoms with Crippen LogP contribution in [0.1, 0.15) is 18.4 Å². The zero-order chi connectivity index (χ0) is 12.4. The Bertz CT molecular complexity index is 461. The smallest absolute Gasteiger partial charge is 0.179 e. The molecule has 0 bridgehead atoms. The normalized spacial score (nSPS) is 16.0. The van der Waals surface area contributed by atoms with E-state index in [1.54, 1.807) is 6.07 Å². The van der Waals surface area contributed by atoms with E-state index in [2.05, 4.69) is 21.1 Å². The maximum absolute atomic E-state index is 13.9. The SMILES string of the molecule is N/C(=N/O)c1ccc(OCC2CC2)c(F)c1Br. The molecule has 6 heteroatoms. The first-order valence-electron chi connectivity index (χ1n) is 5.22. The molecular weight excluding hydrogens is 291 g/mol. The van der Waals surface area contributed by atoms with Gasteiger partial charge >= 0.3 is 0 Å². The summed E-state index contributed by atoms with van der Waals surface area (Å²) in [4.78, 5) is 0. The number of rotatable bonds is 4. The third kappa shape index (κ3) is 2.69. The van der Waals surface area contributed by atoms with Gasteiger partial charge in [0.05, 0.1) is 11.1 Å². The van der Waals surface area contributed by atoms with E-state index in [0.29, 0.717) is 18.1 Å². The van der Waals surface area contributed by atoms with Crippen LogP contribution in [0.15, 0.2) is 21.8 Å². The second-order valence-corrected chi connectivity index (χ2v) is 4.77. The third-order valence-corrected chi connectivity index (χ3v) is 3.38. The van der Waals surface area contributed by atoms with Gasteiger partial charge in [0.2, 0.25) is 0 Å². The molecule has 1 aromatic rings. The molecule has 1 saturated carbocycles. The highest BCUT2D eigenvalue weighted by molar-refractivity contribution is 9.10. The number of oxime groups is 1. The Morgan fingerprint density at radius 2 is 2.29 bits per heavy atom. The van der Waals surface area contributed by atoms with E-state index >= 15 is 0 Å². The lowest BCUT2D eigenvalue weighted by molar-refractivity contribution is 0.284. The molecule has 0 heterocycles. The lowest BCUT2D eigenvalue weighted by atomic mass is 10.2. The maximum Gasteiger partial charge on any atom is 0.179 e. The van der Waals surface area contributed by atoms with Crippen molar-refractivity contribution in [1.29, 1.82) is 0 Å². The van der Waals surface area contributed by atoms with Gasteiger partial charge < -0.3 is 15.7 Å². The van der Waals surface area contributed by atoms with Crippen molar-refractivity contribution < 1.29 is 14.3 Å². The molecule has 0 aromatic heterocycles. The van der Waals surface area contributed by atoms with E-state index in [0.717, 1.165) is 12.8 Å². The predicted octanol–water partition coefficient (Wildman–Crippen LogP) is 2.47. The van der Waals surface area contributed by atoms with Crippen LogP contribution in [0.3, 0.4) is 0 Å². The van der Waals surface area contributed by atoms with Gasteiger partial charge in [0, 0.05) is 5.56 Å². The van der Waals surface area contributed by atoms with Gasteiger partial charge in [-0.15, -0.1) is 0 Å².